The number of hydrogen-bond acceptors (Lipinski definition) is 3. The fraction of sp³-hybridized carbons (Fsp3) is 0.0625. The van der Waals surface area contributed by atoms with Crippen LogP contribution in [-0.4, -0.2) is 20.7 Å². The highest BCUT2D eigenvalue weighted by atomic mass is 16.4. The van der Waals surface area contributed by atoms with Crippen LogP contribution in [0.4, 0.5) is 0 Å². The second-order valence-electron chi connectivity index (χ2n) is 4.66. The zero-order valence-electron chi connectivity index (χ0n) is 11.3. The van der Waals surface area contributed by atoms with Gasteiger partial charge in [0.05, 0.1) is 17.5 Å². The third-order valence-electron chi connectivity index (χ3n) is 3.36. The molecule has 5 nitrogen and oxygen atoms in total. The van der Waals surface area contributed by atoms with E-state index in [4.69, 9.17) is 4.42 Å². The van der Waals surface area contributed by atoms with E-state index in [1.54, 1.807) is 60.2 Å². The average Bonchev–Trinajstić information content (AvgIpc) is 3.07. The van der Waals surface area contributed by atoms with Crippen molar-refractivity contribution in [2.75, 3.05) is 0 Å². The van der Waals surface area contributed by atoms with E-state index < -0.39 is 5.97 Å². The summed E-state index contributed by atoms with van der Waals surface area (Å²) in [6.07, 6.45) is 1.54. The van der Waals surface area contributed by atoms with Crippen LogP contribution in [0.2, 0.25) is 0 Å². The molecular formula is C16H13NO4. The molecule has 0 unspecified atom stereocenters. The van der Waals surface area contributed by atoms with Gasteiger partial charge in [-0.2, -0.15) is 0 Å². The number of phenolic OH excluding ortho intramolecular Hbond substituents is 1. The van der Waals surface area contributed by atoms with E-state index in [0.29, 0.717) is 17.1 Å². The number of carboxylic acids is 1. The molecule has 0 saturated carbocycles. The van der Waals surface area contributed by atoms with Crippen molar-refractivity contribution in [3.05, 3.63) is 60.0 Å². The van der Waals surface area contributed by atoms with Crippen molar-refractivity contribution in [3.63, 3.8) is 0 Å². The highest BCUT2D eigenvalue weighted by Gasteiger charge is 2.20. The van der Waals surface area contributed by atoms with Gasteiger partial charge in [-0.1, -0.05) is 0 Å². The molecule has 0 aliphatic heterocycles. The highest BCUT2D eigenvalue weighted by Crippen LogP contribution is 2.30. The first-order chi connectivity index (χ1) is 10.1. The Kier molecular flexibility index (Phi) is 3.02. The topological polar surface area (TPSA) is 75.6 Å². The molecule has 2 aromatic heterocycles. The molecular weight excluding hydrogens is 270 g/mol. The van der Waals surface area contributed by atoms with Gasteiger partial charge in [0, 0.05) is 11.4 Å². The zero-order valence-corrected chi connectivity index (χ0v) is 11.3. The predicted octanol–water partition coefficient (Wildman–Crippen LogP) is 3.45. The number of nitrogens with zero attached hydrogens (tertiary/aromatic N) is 1. The van der Waals surface area contributed by atoms with Gasteiger partial charge < -0.3 is 19.2 Å². The normalized spacial score (nSPS) is 10.7. The maximum atomic E-state index is 11.4. The van der Waals surface area contributed by atoms with Crippen LogP contribution >= 0.6 is 0 Å². The Bertz CT molecular complexity index is 783. The number of carboxylic acid groups (broad SMARTS) is 1. The molecule has 0 fully saturated rings. The average molecular weight is 283 g/mol. The van der Waals surface area contributed by atoms with Gasteiger partial charge in [0.1, 0.15) is 5.75 Å². The molecule has 0 radical (unpaired) electrons. The molecule has 3 rings (SSSR count). The number of benzene rings is 1. The number of aromatic carboxylic acids is 1. The van der Waals surface area contributed by atoms with Crippen LogP contribution in [-0.2, 0) is 0 Å². The summed E-state index contributed by atoms with van der Waals surface area (Å²) in [4.78, 5) is 11.4. The van der Waals surface area contributed by atoms with Crippen molar-refractivity contribution in [1.29, 1.82) is 0 Å². The molecule has 2 heterocycles. The summed E-state index contributed by atoms with van der Waals surface area (Å²) >= 11 is 0. The molecule has 5 heteroatoms. The van der Waals surface area contributed by atoms with Gasteiger partial charge in [0.25, 0.3) is 0 Å². The van der Waals surface area contributed by atoms with Gasteiger partial charge in [-0.3, -0.25) is 0 Å². The van der Waals surface area contributed by atoms with Gasteiger partial charge in [0.15, 0.2) is 5.76 Å². The van der Waals surface area contributed by atoms with Crippen LogP contribution in [0.3, 0.4) is 0 Å². The van der Waals surface area contributed by atoms with Crippen LogP contribution in [0.5, 0.6) is 5.75 Å². The van der Waals surface area contributed by atoms with Crippen LogP contribution in [0, 0.1) is 6.92 Å². The largest absolute Gasteiger partial charge is 0.508 e. The van der Waals surface area contributed by atoms with E-state index in [9.17, 15) is 15.0 Å². The number of rotatable bonds is 3. The zero-order chi connectivity index (χ0) is 15.0. The Hall–Kier alpha value is -2.95. The summed E-state index contributed by atoms with van der Waals surface area (Å²) in [5.74, 6) is -0.252. The Morgan fingerprint density at radius 2 is 1.90 bits per heavy atom. The van der Waals surface area contributed by atoms with Gasteiger partial charge in [0.2, 0.25) is 0 Å². The Balaban J connectivity index is 2.26. The summed E-state index contributed by atoms with van der Waals surface area (Å²) in [6.45, 7) is 1.74. The Morgan fingerprint density at radius 3 is 2.48 bits per heavy atom. The number of aromatic hydroxyl groups is 1. The molecule has 0 amide bonds. The molecule has 0 aliphatic carbocycles. The molecule has 0 spiro atoms. The van der Waals surface area contributed by atoms with Crippen LogP contribution in [0.1, 0.15) is 16.1 Å². The van der Waals surface area contributed by atoms with E-state index in [1.165, 1.54) is 0 Å². The summed E-state index contributed by atoms with van der Waals surface area (Å²) in [7, 11) is 0. The molecule has 0 aliphatic rings. The summed E-state index contributed by atoms with van der Waals surface area (Å²) in [5.41, 5.74) is 2.22. The minimum Gasteiger partial charge on any atom is -0.508 e. The van der Waals surface area contributed by atoms with E-state index in [-0.39, 0.29) is 11.3 Å². The number of hydrogen-bond donors (Lipinski definition) is 2. The molecule has 0 saturated heterocycles. The first-order valence-corrected chi connectivity index (χ1v) is 6.37. The fourth-order valence-corrected chi connectivity index (χ4v) is 2.36. The Morgan fingerprint density at radius 1 is 1.19 bits per heavy atom. The van der Waals surface area contributed by atoms with Crippen molar-refractivity contribution in [3.8, 4) is 22.9 Å². The second kappa shape index (κ2) is 4.86. The molecule has 3 aromatic rings. The summed E-state index contributed by atoms with van der Waals surface area (Å²) in [6, 6.07) is 11.7. The minimum absolute atomic E-state index is 0.154. The van der Waals surface area contributed by atoms with Crippen molar-refractivity contribution >= 4 is 5.97 Å². The van der Waals surface area contributed by atoms with Crippen molar-refractivity contribution in [2.24, 2.45) is 0 Å². The molecule has 2 N–H and O–H groups in total. The molecule has 0 bridgehead atoms. The first kappa shape index (κ1) is 13.1. The van der Waals surface area contributed by atoms with Crippen molar-refractivity contribution < 1.29 is 19.4 Å². The van der Waals surface area contributed by atoms with Crippen LogP contribution < -0.4 is 0 Å². The predicted molar refractivity (Wildman–Crippen MR) is 76.8 cm³/mol. The lowest BCUT2D eigenvalue weighted by Crippen LogP contribution is -2.02. The van der Waals surface area contributed by atoms with Gasteiger partial charge in [-0.25, -0.2) is 4.79 Å². The smallest absolute Gasteiger partial charge is 0.337 e. The molecule has 0 atom stereocenters. The second-order valence-corrected chi connectivity index (χ2v) is 4.66. The maximum absolute atomic E-state index is 11.4. The quantitative estimate of drug-likeness (QED) is 0.772. The first-order valence-electron chi connectivity index (χ1n) is 6.37. The number of carbonyl (C=O) groups is 1. The third kappa shape index (κ3) is 2.18. The standard InChI is InChI=1S/C16H13NO4/c1-10-13(16(19)20)9-14(15-3-2-8-21-15)17(10)11-4-6-12(18)7-5-11/h2-9,18H,1H3,(H,19,20). The van der Waals surface area contributed by atoms with Gasteiger partial charge in [-0.05, 0) is 49.4 Å². The van der Waals surface area contributed by atoms with E-state index in [2.05, 4.69) is 0 Å². The van der Waals surface area contributed by atoms with Gasteiger partial charge in [-0.15, -0.1) is 0 Å². The lowest BCUT2D eigenvalue weighted by Gasteiger charge is -2.10. The van der Waals surface area contributed by atoms with Crippen LogP contribution in [0.25, 0.3) is 17.1 Å². The van der Waals surface area contributed by atoms with Gasteiger partial charge >= 0.3 is 5.97 Å². The van der Waals surface area contributed by atoms with E-state index >= 15 is 0 Å². The van der Waals surface area contributed by atoms with Crippen molar-refractivity contribution in [1.82, 2.24) is 4.57 Å². The summed E-state index contributed by atoms with van der Waals surface area (Å²) < 4.78 is 7.18. The highest BCUT2D eigenvalue weighted by molar-refractivity contribution is 5.91. The fourth-order valence-electron chi connectivity index (χ4n) is 2.36. The van der Waals surface area contributed by atoms with E-state index in [0.717, 1.165) is 5.69 Å². The number of phenols is 1. The SMILES string of the molecule is Cc1c(C(=O)O)cc(-c2ccco2)n1-c1ccc(O)cc1. The lowest BCUT2D eigenvalue weighted by atomic mass is 10.2. The molecule has 21 heavy (non-hydrogen) atoms. The minimum atomic E-state index is -0.988. The lowest BCUT2D eigenvalue weighted by molar-refractivity contribution is 0.0696. The van der Waals surface area contributed by atoms with E-state index in [1.807, 2.05) is 0 Å². The third-order valence-corrected chi connectivity index (χ3v) is 3.36. The van der Waals surface area contributed by atoms with Crippen LogP contribution in [0.15, 0.2) is 53.1 Å². The maximum Gasteiger partial charge on any atom is 0.337 e. The Labute approximate surface area is 120 Å². The number of furan rings is 1. The summed E-state index contributed by atoms with van der Waals surface area (Å²) in [5, 5.41) is 18.7. The number of aromatic nitrogens is 1. The monoisotopic (exact) mass is 283 g/mol. The molecule has 1 aromatic carbocycles. The molecule has 106 valence electrons. The van der Waals surface area contributed by atoms with Crippen molar-refractivity contribution in [2.45, 2.75) is 6.92 Å².